The van der Waals surface area contributed by atoms with Crippen molar-refractivity contribution in [3.05, 3.63) is 35.1 Å². The van der Waals surface area contributed by atoms with E-state index in [0.717, 1.165) is 5.56 Å². The number of benzene rings is 1. The molecule has 1 aromatic rings. The molecule has 0 saturated carbocycles. The van der Waals surface area contributed by atoms with E-state index in [2.05, 4.69) is 11.2 Å². The van der Waals surface area contributed by atoms with E-state index in [1.165, 1.54) is 0 Å². The molecule has 2 atom stereocenters. The van der Waals surface area contributed by atoms with Gasteiger partial charge in [0.05, 0.1) is 0 Å². The first-order valence-corrected chi connectivity index (χ1v) is 5.50. The zero-order valence-electron chi connectivity index (χ0n) is 10.0. The van der Waals surface area contributed by atoms with Gasteiger partial charge in [-0.1, -0.05) is 12.1 Å². The van der Waals surface area contributed by atoms with Gasteiger partial charge >= 0.3 is 0 Å². The van der Waals surface area contributed by atoms with Crippen molar-refractivity contribution >= 4 is 0 Å². The van der Waals surface area contributed by atoms with Crippen LogP contribution in [0, 0.1) is 25.1 Å². The van der Waals surface area contributed by atoms with Crippen molar-refractivity contribution in [3.63, 3.8) is 0 Å². The van der Waals surface area contributed by atoms with E-state index in [4.69, 9.17) is 6.42 Å². The molecule has 0 spiro atoms. The van der Waals surface area contributed by atoms with E-state index >= 15 is 0 Å². The Morgan fingerprint density at radius 3 is 2.69 bits per heavy atom. The average molecular weight is 219 g/mol. The zero-order chi connectivity index (χ0) is 12.1. The number of halogens is 1. The van der Waals surface area contributed by atoms with Crippen molar-refractivity contribution in [2.24, 2.45) is 0 Å². The third kappa shape index (κ3) is 3.36. The van der Waals surface area contributed by atoms with Crippen LogP contribution in [-0.2, 0) is 0 Å². The van der Waals surface area contributed by atoms with Gasteiger partial charge in [-0.2, -0.15) is 0 Å². The second-order valence-corrected chi connectivity index (χ2v) is 4.21. The van der Waals surface area contributed by atoms with Crippen molar-refractivity contribution in [3.8, 4) is 12.3 Å². The van der Waals surface area contributed by atoms with Crippen molar-refractivity contribution in [2.75, 3.05) is 0 Å². The average Bonchev–Trinajstić information content (AvgIpc) is 2.22. The van der Waals surface area contributed by atoms with Crippen molar-refractivity contribution in [1.82, 2.24) is 5.32 Å². The van der Waals surface area contributed by atoms with Gasteiger partial charge in [-0.15, -0.1) is 12.3 Å². The fraction of sp³-hybridized carbons (Fsp3) is 0.429. The van der Waals surface area contributed by atoms with Crippen LogP contribution in [0.1, 0.15) is 37.4 Å². The summed E-state index contributed by atoms with van der Waals surface area (Å²) in [6, 6.07) is 5.67. The number of hydrogen-bond acceptors (Lipinski definition) is 1. The predicted octanol–water partition coefficient (Wildman–Crippen LogP) is 3.20. The highest BCUT2D eigenvalue weighted by Gasteiger charge is 2.10. The van der Waals surface area contributed by atoms with Gasteiger partial charge in [-0.05, 0) is 38.0 Å². The van der Waals surface area contributed by atoms with Crippen LogP contribution < -0.4 is 5.32 Å². The lowest BCUT2D eigenvalue weighted by molar-refractivity contribution is 0.483. The summed E-state index contributed by atoms with van der Waals surface area (Å²) in [6.07, 6.45) is 5.92. The molecule has 0 saturated heterocycles. The molecule has 1 rings (SSSR count). The van der Waals surface area contributed by atoms with Gasteiger partial charge in [0.1, 0.15) is 5.82 Å². The predicted molar refractivity (Wildman–Crippen MR) is 65.6 cm³/mol. The number of rotatable bonds is 4. The van der Waals surface area contributed by atoms with Crippen LogP contribution in [0.15, 0.2) is 18.2 Å². The smallest absolute Gasteiger partial charge is 0.126 e. The summed E-state index contributed by atoms with van der Waals surface area (Å²) in [6.45, 7) is 5.80. The van der Waals surface area contributed by atoms with Crippen LogP contribution in [-0.4, -0.2) is 6.04 Å². The number of nitrogens with one attached hydrogen (secondary N) is 1. The molecule has 0 bridgehead atoms. The third-order valence-corrected chi connectivity index (χ3v) is 2.65. The minimum Gasteiger partial charge on any atom is -0.307 e. The Bertz CT molecular complexity index is 392. The van der Waals surface area contributed by atoms with Crippen molar-refractivity contribution in [2.45, 2.75) is 39.3 Å². The summed E-state index contributed by atoms with van der Waals surface area (Å²) in [7, 11) is 0. The van der Waals surface area contributed by atoms with Crippen LogP contribution in [0.4, 0.5) is 4.39 Å². The van der Waals surface area contributed by atoms with E-state index in [9.17, 15) is 4.39 Å². The Morgan fingerprint density at radius 1 is 1.44 bits per heavy atom. The summed E-state index contributed by atoms with van der Waals surface area (Å²) in [5.41, 5.74) is 1.62. The minimum atomic E-state index is -0.157. The lowest BCUT2D eigenvalue weighted by atomic mass is 10.0. The quantitative estimate of drug-likeness (QED) is 0.767. The van der Waals surface area contributed by atoms with E-state index in [-0.39, 0.29) is 17.9 Å². The maximum atomic E-state index is 13.4. The van der Waals surface area contributed by atoms with Crippen LogP contribution in [0.2, 0.25) is 0 Å². The molecule has 86 valence electrons. The molecule has 0 aliphatic heterocycles. The molecule has 0 radical (unpaired) electrons. The maximum Gasteiger partial charge on any atom is 0.126 e. The van der Waals surface area contributed by atoms with Crippen LogP contribution in [0.3, 0.4) is 0 Å². The lowest BCUT2D eigenvalue weighted by Crippen LogP contribution is -2.28. The van der Waals surface area contributed by atoms with Crippen LogP contribution in [0.5, 0.6) is 0 Å². The first kappa shape index (κ1) is 12.7. The van der Waals surface area contributed by atoms with Gasteiger partial charge in [-0.25, -0.2) is 4.39 Å². The largest absolute Gasteiger partial charge is 0.307 e. The molecule has 2 unspecified atom stereocenters. The Labute approximate surface area is 97.1 Å². The summed E-state index contributed by atoms with van der Waals surface area (Å²) < 4.78 is 13.4. The van der Waals surface area contributed by atoms with Gasteiger partial charge in [0.25, 0.3) is 0 Å². The first-order chi connectivity index (χ1) is 7.54. The molecular weight excluding hydrogens is 201 g/mol. The molecule has 2 heteroatoms. The second kappa shape index (κ2) is 5.67. The summed E-state index contributed by atoms with van der Waals surface area (Å²) in [5.74, 6) is 2.45. The fourth-order valence-corrected chi connectivity index (χ4v) is 1.64. The normalized spacial score (nSPS) is 14.2. The Kier molecular flexibility index (Phi) is 4.52. The zero-order valence-corrected chi connectivity index (χ0v) is 10.0. The molecule has 0 aromatic heterocycles. The fourth-order valence-electron chi connectivity index (χ4n) is 1.64. The highest BCUT2D eigenvalue weighted by molar-refractivity contribution is 5.25. The SMILES string of the molecule is C#CCC(C)NC(C)c1ccc(C)c(F)c1. The van der Waals surface area contributed by atoms with Crippen molar-refractivity contribution in [1.29, 1.82) is 0 Å². The molecule has 0 heterocycles. The monoisotopic (exact) mass is 219 g/mol. The van der Waals surface area contributed by atoms with Gasteiger partial charge < -0.3 is 5.32 Å². The number of terminal acetylenes is 1. The summed E-state index contributed by atoms with van der Waals surface area (Å²) in [5, 5.41) is 3.33. The first-order valence-electron chi connectivity index (χ1n) is 5.50. The second-order valence-electron chi connectivity index (χ2n) is 4.21. The summed E-state index contributed by atoms with van der Waals surface area (Å²) >= 11 is 0. The Balaban J connectivity index is 2.70. The molecule has 0 amide bonds. The van der Waals surface area contributed by atoms with E-state index in [1.807, 2.05) is 19.9 Å². The summed E-state index contributed by atoms with van der Waals surface area (Å²) in [4.78, 5) is 0. The molecular formula is C14H18FN. The molecule has 16 heavy (non-hydrogen) atoms. The molecule has 0 aliphatic rings. The molecule has 1 N–H and O–H groups in total. The maximum absolute atomic E-state index is 13.4. The standard InChI is InChI=1S/C14H18FN/c1-5-6-11(3)16-12(4)13-8-7-10(2)14(15)9-13/h1,7-9,11-12,16H,6H2,2-4H3. The topological polar surface area (TPSA) is 12.0 Å². The highest BCUT2D eigenvalue weighted by atomic mass is 19.1. The number of hydrogen-bond donors (Lipinski definition) is 1. The molecule has 0 fully saturated rings. The van der Waals surface area contributed by atoms with E-state index < -0.39 is 0 Å². The number of aryl methyl sites for hydroxylation is 1. The van der Waals surface area contributed by atoms with Gasteiger partial charge in [0, 0.05) is 18.5 Å². The third-order valence-electron chi connectivity index (χ3n) is 2.65. The lowest BCUT2D eigenvalue weighted by Gasteiger charge is -2.19. The minimum absolute atomic E-state index is 0.110. The van der Waals surface area contributed by atoms with E-state index in [0.29, 0.717) is 12.0 Å². The van der Waals surface area contributed by atoms with Crippen LogP contribution in [0.25, 0.3) is 0 Å². The van der Waals surface area contributed by atoms with Gasteiger partial charge in [-0.3, -0.25) is 0 Å². The molecule has 1 aromatic carbocycles. The van der Waals surface area contributed by atoms with Gasteiger partial charge in [0.15, 0.2) is 0 Å². The van der Waals surface area contributed by atoms with Crippen LogP contribution >= 0.6 is 0 Å². The Morgan fingerprint density at radius 2 is 2.12 bits per heavy atom. The Hall–Kier alpha value is -1.33. The van der Waals surface area contributed by atoms with E-state index in [1.54, 1.807) is 19.1 Å². The van der Waals surface area contributed by atoms with Gasteiger partial charge in [0.2, 0.25) is 0 Å². The molecule has 0 aliphatic carbocycles. The van der Waals surface area contributed by atoms with Crippen molar-refractivity contribution < 1.29 is 4.39 Å². The highest BCUT2D eigenvalue weighted by Crippen LogP contribution is 2.17. The molecule has 1 nitrogen and oxygen atoms in total.